The zero-order chi connectivity index (χ0) is 12.5. The summed E-state index contributed by atoms with van der Waals surface area (Å²) in [6.07, 6.45) is 0.949. The van der Waals surface area contributed by atoms with E-state index in [0.29, 0.717) is 6.61 Å². The summed E-state index contributed by atoms with van der Waals surface area (Å²) in [4.78, 5) is 0. The van der Waals surface area contributed by atoms with Crippen LogP contribution in [0.1, 0.15) is 12.0 Å². The van der Waals surface area contributed by atoms with Crippen LogP contribution in [0.2, 0.25) is 0 Å². The fourth-order valence-electron chi connectivity index (χ4n) is 1.45. The number of nitrogens with one attached hydrogen (secondary N) is 1. The third-order valence-corrected chi connectivity index (χ3v) is 3.44. The molecule has 1 aromatic carbocycles. The lowest BCUT2D eigenvalue weighted by Crippen LogP contribution is -2.11. The minimum absolute atomic E-state index is 0.712. The maximum atomic E-state index is 5.47. The van der Waals surface area contributed by atoms with Crippen molar-refractivity contribution in [3.63, 3.8) is 0 Å². The van der Waals surface area contributed by atoms with Gasteiger partial charge in [-0.05, 0) is 40.9 Å². The quantitative estimate of drug-likeness (QED) is 0.748. The van der Waals surface area contributed by atoms with Crippen molar-refractivity contribution in [2.75, 3.05) is 38.8 Å². The molecule has 3 nitrogen and oxygen atoms in total. The summed E-state index contributed by atoms with van der Waals surface area (Å²) in [6.45, 7) is 5.12. The number of hydrogen-bond acceptors (Lipinski definition) is 3. The second kappa shape index (κ2) is 8.50. The molecular weight excluding hydrogens is 282 g/mol. The Bertz CT molecular complexity index is 331. The number of benzene rings is 1. The van der Waals surface area contributed by atoms with Crippen LogP contribution in [0.4, 0.5) is 5.69 Å². The molecule has 0 radical (unpaired) electrons. The minimum atomic E-state index is 0.712. The van der Waals surface area contributed by atoms with Gasteiger partial charge >= 0.3 is 0 Å². The molecular formula is C13H20BrNO2. The molecule has 0 unspecified atom stereocenters. The molecule has 0 saturated heterocycles. The molecule has 0 aliphatic rings. The summed E-state index contributed by atoms with van der Waals surface area (Å²) < 4.78 is 11.5. The highest BCUT2D eigenvalue weighted by molar-refractivity contribution is 9.10. The van der Waals surface area contributed by atoms with Crippen LogP contribution in [0.3, 0.4) is 0 Å². The van der Waals surface area contributed by atoms with Crippen molar-refractivity contribution >= 4 is 21.6 Å². The molecule has 0 aromatic heterocycles. The highest BCUT2D eigenvalue weighted by Gasteiger charge is 2.00. The Morgan fingerprint density at radius 3 is 2.82 bits per heavy atom. The highest BCUT2D eigenvalue weighted by Crippen LogP contribution is 2.25. The summed E-state index contributed by atoms with van der Waals surface area (Å²) in [5.41, 5.74) is 2.35. The fraction of sp³-hybridized carbons (Fsp3) is 0.538. The third kappa shape index (κ3) is 5.52. The lowest BCUT2D eigenvalue weighted by Gasteiger charge is -2.10. The summed E-state index contributed by atoms with van der Waals surface area (Å²) in [7, 11) is 1.71. The number of hydrogen-bond donors (Lipinski definition) is 1. The molecule has 1 N–H and O–H groups in total. The second-order valence-electron chi connectivity index (χ2n) is 3.82. The summed E-state index contributed by atoms with van der Waals surface area (Å²) in [6, 6.07) is 6.18. The minimum Gasteiger partial charge on any atom is -0.385 e. The highest BCUT2D eigenvalue weighted by atomic mass is 79.9. The van der Waals surface area contributed by atoms with Gasteiger partial charge in [-0.15, -0.1) is 0 Å². The van der Waals surface area contributed by atoms with Gasteiger partial charge in [0.25, 0.3) is 0 Å². The summed E-state index contributed by atoms with van der Waals surface area (Å²) >= 11 is 3.56. The predicted molar refractivity (Wildman–Crippen MR) is 74.7 cm³/mol. The van der Waals surface area contributed by atoms with Crippen molar-refractivity contribution < 1.29 is 9.47 Å². The molecule has 96 valence electrons. The largest absolute Gasteiger partial charge is 0.385 e. The molecule has 0 amide bonds. The van der Waals surface area contributed by atoms with Gasteiger partial charge in [0.05, 0.1) is 6.61 Å². The fourth-order valence-corrected chi connectivity index (χ4v) is 1.85. The Morgan fingerprint density at radius 2 is 2.06 bits per heavy atom. The van der Waals surface area contributed by atoms with Gasteiger partial charge in [-0.25, -0.2) is 0 Å². The van der Waals surface area contributed by atoms with Gasteiger partial charge < -0.3 is 14.8 Å². The summed E-state index contributed by atoms with van der Waals surface area (Å²) in [5.74, 6) is 0. The Morgan fingerprint density at radius 1 is 1.24 bits per heavy atom. The van der Waals surface area contributed by atoms with Gasteiger partial charge in [-0.1, -0.05) is 12.1 Å². The second-order valence-corrected chi connectivity index (χ2v) is 4.61. The number of aryl methyl sites for hydroxylation is 1. The van der Waals surface area contributed by atoms with Crippen LogP contribution in [0, 0.1) is 6.92 Å². The molecule has 0 bridgehead atoms. The maximum absolute atomic E-state index is 5.47. The van der Waals surface area contributed by atoms with E-state index in [4.69, 9.17) is 9.47 Å². The van der Waals surface area contributed by atoms with Crippen LogP contribution in [-0.2, 0) is 9.47 Å². The van der Waals surface area contributed by atoms with Crippen molar-refractivity contribution in [1.29, 1.82) is 0 Å². The van der Waals surface area contributed by atoms with Crippen molar-refractivity contribution in [3.05, 3.63) is 28.2 Å². The van der Waals surface area contributed by atoms with E-state index >= 15 is 0 Å². The van der Waals surface area contributed by atoms with Crippen LogP contribution >= 0.6 is 15.9 Å². The molecule has 17 heavy (non-hydrogen) atoms. The average molecular weight is 302 g/mol. The first-order chi connectivity index (χ1) is 8.25. The van der Waals surface area contributed by atoms with E-state index < -0.39 is 0 Å². The number of methoxy groups -OCH3 is 1. The Hall–Kier alpha value is -0.580. The van der Waals surface area contributed by atoms with E-state index in [9.17, 15) is 0 Å². The van der Waals surface area contributed by atoms with Gasteiger partial charge in [0, 0.05) is 37.0 Å². The van der Waals surface area contributed by atoms with Crippen molar-refractivity contribution in [2.45, 2.75) is 13.3 Å². The van der Waals surface area contributed by atoms with Gasteiger partial charge in [-0.2, -0.15) is 0 Å². The van der Waals surface area contributed by atoms with E-state index in [-0.39, 0.29) is 0 Å². The Balaban J connectivity index is 2.16. The maximum Gasteiger partial charge on any atom is 0.0639 e. The van der Waals surface area contributed by atoms with Gasteiger partial charge in [0.1, 0.15) is 0 Å². The summed E-state index contributed by atoms with van der Waals surface area (Å²) in [5, 5.41) is 3.34. The zero-order valence-corrected chi connectivity index (χ0v) is 12.0. The SMILES string of the molecule is COCCCOCCNc1cccc(C)c1Br. The first-order valence-corrected chi connectivity index (χ1v) is 6.60. The molecule has 0 saturated carbocycles. The Labute approximate surface area is 112 Å². The number of halogens is 1. The molecule has 0 atom stereocenters. The molecule has 1 rings (SSSR count). The lowest BCUT2D eigenvalue weighted by atomic mass is 10.2. The average Bonchev–Trinajstić information content (AvgIpc) is 2.33. The topological polar surface area (TPSA) is 30.5 Å². The van der Waals surface area contributed by atoms with E-state index in [2.05, 4.69) is 40.3 Å². The third-order valence-electron chi connectivity index (χ3n) is 2.39. The van der Waals surface area contributed by atoms with E-state index in [1.807, 2.05) is 6.07 Å². The van der Waals surface area contributed by atoms with Crippen molar-refractivity contribution in [2.24, 2.45) is 0 Å². The van der Waals surface area contributed by atoms with Crippen LogP contribution < -0.4 is 5.32 Å². The molecule has 0 fully saturated rings. The monoisotopic (exact) mass is 301 g/mol. The van der Waals surface area contributed by atoms with E-state index in [1.54, 1.807) is 7.11 Å². The van der Waals surface area contributed by atoms with Gasteiger partial charge in [-0.3, -0.25) is 0 Å². The van der Waals surface area contributed by atoms with Crippen LogP contribution in [0.25, 0.3) is 0 Å². The first-order valence-electron chi connectivity index (χ1n) is 5.81. The van der Waals surface area contributed by atoms with Gasteiger partial charge in [0.15, 0.2) is 0 Å². The molecule has 0 spiro atoms. The molecule has 0 aliphatic heterocycles. The van der Waals surface area contributed by atoms with Gasteiger partial charge in [0.2, 0.25) is 0 Å². The molecule has 0 aliphatic carbocycles. The predicted octanol–water partition coefficient (Wildman–Crippen LogP) is 3.22. The first kappa shape index (κ1) is 14.5. The number of ether oxygens (including phenoxy) is 2. The van der Waals surface area contributed by atoms with Crippen molar-refractivity contribution in [1.82, 2.24) is 0 Å². The van der Waals surface area contributed by atoms with Crippen LogP contribution in [0.15, 0.2) is 22.7 Å². The molecule has 1 aromatic rings. The smallest absolute Gasteiger partial charge is 0.0639 e. The van der Waals surface area contributed by atoms with E-state index in [0.717, 1.165) is 36.3 Å². The molecule has 0 heterocycles. The number of anilines is 1. The Kier molecular flexibility index (Phi) is 7.24. The van der Waals surface area contributed by atoms with E-state index in [1.165, 1.54) is 5.56 Å². The number of rotatable bonds is 8. The van der Waals surface area contributed by atoms with Crippen molar-refractivity contribution in [3.8, 4) is 0 Å². The normalized spacial score (nSPS) is 10.5. The molecule has 4 heteroatoms. The van der Waals surface area contributed by atoms with Crippen LogP contribution in [0.5, 0.6) is 0 Å². The van der Waals surface area contributed by atoms with Crippen LogP contribution in [-0.4, -0.2) is 33.5 Å². The lowest BCUT2D eigenvalue weighted by molar-refractivity contribution is 0.109. The standard InChI is InChI=1S/C13H20BrNO2/c1-11-5-3-6-12(13(11)14)15-7-10-17-9-4-8-16-2/h3,5-6,15H,4,7-10H2,1-2H3. The zero-order valence-electron chi connectivity index (χ0n) is 10.5.